The van der Waals surface area contributed by atoms with Crippen LogP contribution in [0.1, 0.15) is 47.5 Å². The van der Waals surface area contributed by atoms with Crippen molar-refractivity contribution in [2.24, 2.45) is 0 Å². The summed E-state index contributed by atoms with van der Waals surface area (Å²) in [6.45, 7) is 20.4. The summed E-state index contributed by atoms with van der Waals surface area (Å²) in [6, 6.07) is 0. The zero-order valence-electron chi connectivity index (χ0n) is 19.3. The molecular weight excluding hydrogens is 514 g/mol. The summed E-state index contributed by atoms with van der Waals surface area (Å²) in [6.07, 6.45) is -4.47. The topological polar surface area (TPSA) is 60.4 Å². The van der Waals surface area contributed by atoms with E-state index in [0.717, 1.165) is 0 Å². The second-order valence-electron chi connectivity index (χ2n) is 7.05. The van der Waals surface area contributed by atoms with Gasteiger partial charge >= 0.3 is 23.3 Å². The first-order valence-electron chi connectivity index (χ1n) is 10.1. The molecule has 0 spiro atoms. The summed E-state index contributed by atoms with van der Waals surface area (Å²) in [5, 5.41) is -7.11. The van der Waals surface area contributed by atoms with E-state index in [1.165, 1.54) is 49.8 Å². The molecule has 0 aromatic rings. The normalized spacial score (nSPS) is 15.3. The molecule has 1 unspecified atom stereocenters. The highest BCUT2D eigenvalue weighted by Crippen LogP contribution is 2.54. The van der Waals surface area contributed by atoms with Gasteiger partial charge in [-0.05, 0) is 20.3 Å². The van der Waals surface area contributed by atoms with Gasteiger partial charge in [-0.15, -0.1) is 0 Å². The summed E-state index contributed by atoms with van der Waals surface area (Å²) in [4.78, 5) is 0. The van der Waals surface area contributed by atoms with Crippen LogP contribution in [-0.2, 0) is 10.1 Å². The molecule has 0 aliphatic rings. The van der Waals surface area contributed by atoms with Crippen molar-refractivity contribution in [1.29, 1.82) is 0 Å². The van der Waals surface area contributed by atoms with E-state index in [-0.39, 0.29) is 8.22 Å². The minimum atomic E-state index is -7.43. The fourth-order valence-electron chi connectivity index (χ4n) is 2.97. The Hall–Kier alpha value is -0.370. The van der Waals surface area contributed by atoms with Crippen molar-refractivity contribution in [3.8, 4) is 0 Å². The lowest BCUT2D eigenvalue weighted by atomic mass is 10.1. The molecule has 0 aromatic carbocycles. The highest BCUT2D eigenvalue weighted by Gasteiger charge is 2.83. The highest BCUT2D eigenvalue weighted by molar-refractivity contribution is 7.86. The third kappa shape index (κ3) is 7.55. The lowest BCUT2D eigenvalue weighted by molar-refractivity contribution is -0.807. The summed E-state index contributed by atoms with van der Waals surface area (Å²) < 4.78 is 139. The van der Waals surface area contributed by atoms with Gasteiger partial charge in [-0.25, -0.2) is 13.1 Å². The molecule has 0 saturated heterocycles. The third-order valence-electron chi connectivity index (χ3n) is 5.29. The number of hydrogen-bond donors (Lipinski definition) is 0. The quantitative estimate of drug-likeness (QED) is 0.174. The van der Waals surface area contributed by atoms with Gasteiger partial charge in [-0.2, -0.15) is 39.5 Å². The van der Waals surface area contributed by atoms with Crippen LogP contribution in [0.25, 0.3) is 0 Å². The van der Waals surface area contributed by atoms with Gasteiger partial charge in [0.2, 0.25) is 0 Å². The SMILES string of the molecule is CCCC[N+](CC)(CC)P(C)N(CC)CC.O=S(=O)([O-])C(F)(F)C(F)(F)C(F)(F)C(F)(F)F. The molecule has 0 saturated carbocycles. The molecule has 33 heavy (non-hydrogen) atoms. The summed E-state index contributed by atoms with van der Waals surface area (Å²) in [7, 11) is -7.45. The Bertz CT molecular complexity index is 684. The van der Waals surface area contributed by atoms with E-state index in [4.69, 9.17) is 0 Å². The Morgan fingerprint density at radius 1 is 0.818 bits per heavy atom. The molecule has 0 heterocycles. The van der Waals surface area contributed by atoms with Crippen molar-refractivity contribution >= 4 is 18.3 Å². The van der Waals surface area contributed by atoms with Crippen LogP contribution in [0.2, 0.25) is 0 Å². The van der Waals surface area contributed by atoms with Crippen LogP contribution in [-0.4, -0.2) is 84.6 Å². The number of halogens is 9. The molecule has 5 nitrogen and oxygen atoms in total. The predicted octanol–water partition coefficient (Wildman–Crippen LogP) is 5.88. The largest absolute Gasteiger partial charge is 0.743 e. The van der Waals surface area contributed by atoms with Crippen molar-refractivity contribution < 1.29 is 56.7 Å². The maximum absolute atomic E-state index is 12.2. The van der Waals surface area contributed by atoms with E-state index < -0.39 is 33.4 Å². The first-order valence-corrected chi connectivity index (χ1v) is 13.2. The van der Waals surface area contributed by atoms with Gasteiger partial charge in [0.15, 0.2) is 18.3 Å². The Morgan fingerprint density at radius 2 is 1.21 bits per heavy atom. The molecule has 0 rings (SSSR count). The van der Waals surface area contributed by atoms with Gasteiger partial charge in [0, 0.05) is 19.8 Å². The Labute approximate surface area is 190 Å². The van der Waals surface area contributed by atoms with Gasteiger partial charge in [-0.1, -0.05) is 27.2 Å². The number of hydrogen-bond acceptors (Lipinski definition) is 4. The fourth-order valence-corrected chi connectivity index (χ4v) is 6.01. The van der Waals surface area contributed by atoms with E-state index >= 15 is 0 Å². The van der Waals surface area contributed by atoms with Crippen molar-refractivity contribution in [2.45, 2.75) is 70.7 Å². The molecule has 16 heteroatoms. The molecule has 0 N–H and O–H groups in total. The molecule has 1 atom stereocenters. The predicted molar refractivity (Wildman–Crippen MR) is 107 cm³/mol. The second kappa shape index (κ2) is 12.5. The van der Waals surface area contributed by atoms with Crippen LogP contribution < -0.4 is 0 Å². The van der Waals surface area contributed by atoms with Crippen molar-refractivity contribution in [3.05, 3.63) is 0 Å². The van der Waals surface area contributed by atoms with Crippen LogP contribution in [0.5, 0.6) is 0 Å². The first-order chi connectivity index (χ1) is 14.6. The summed E-state index contributed by atoms with van der Waals surface area (Å²) in [5.74, 6) is -14.8. The standard InChI is InChI=1S/C13H32N2P.C4HF9O3S/c1-7-12-13-15(10-4,11-5)16(6)14(8-2)9-3;5-1(6,3(9,10)11)2(7,8)4(12,13)17(14,15)16/h7-13H2,1-6H3;(H,14,15,16)/q+1;/p-1. The van der Waals surface area contributed by atoms with Crippen molar-refractivity contribution in [1.82, 2.24) is 4.67 Å². The molecule has 0 radical (unpaired) electrons. The fraction of sp³-hybridized carbons (Fsp3) is 1.00. The molecule has 0 fully saturated rings. The maximum Gasteiger partial charge on any atom is 0.460 e. The summed E-state index contributed by atoms with van der Waals surface area (Å²) >= 11 is 0. The van der Waals surface area contributed by atoms with E-state index in [1.807, 2.05) is 0 Å². The average molecular weight is 546 g/mol. The third-order valence-corrected chi connectivity index (χ3v) is 9.55. The van der Waals surface area contributed by atoms with Gasteiger partial charge in [-0.3, -0.25) is 4.25 Å². The van der Waals surface area contributed by atoms with E-state index in [9.17, 15) is 52.5 Å². The van der Waals surface area contributed by atoms with Gasteiger partial charge in [0.25, 0.3) is 0 Å². The van der Waals surface area contributed by atoms with Gasteiger partial charge < -0.3 is 4.55 Å². The number of unbranched alkanes of at least 4 members (excludes halogenated alkanes) is 1. The molecule has 0 amide bonds. The molecule has 0 aliphatic carbocycles. The van der Waals surface area contributed by atoms with Crippen LogP contribution in [0.15, 0.2) is 0 Å². The molecule has 0 aromatic heterocycles. The Kier molecular flexibility index (Phi) is 13.2. The van der Waals surface area contributed by atoms with E-state index in [0.29, 0.717) is 0 Å². The van der Waals surface area contributed by atoms with Gasteiger partial charge in [0.1, 0.15) is 0 Å². The minimum absolute atomic E-state index is 0.0329. The monoisotopic (exact) mass is 546 g/mol. The van der Waals surface area contributed by atoms with Crippen LogP contribution in [0.4, 0.5) is 39.5 Å². The zero-order valence-corrected chi connectivity index (χ0v) is 21.0. The van der Waals surface area contributed by atoms with Gasteiger partial charge in [0.05, 0.1) is 19.6 Å². The van der Waals surface area contributed by atoms with Crippen LogP contribution >= 0.6 is 8.22 Å². The lowest BCUT2D eigenvalue weighted by Gasteiger charge is -2.45. The minimum Gasteiger partial charge on any atom is -0.743 e. The second-order valence-corrected chi connectivity index (χ2v) is 10.9. The van der Waals surface area contributed by atoms with Crippen molar-refractivity contribution in [3.63, 3.8) is 0 Å². The molecule has 202 valence electrons. The number of rotatable bonds is 12. The lowest BCUT2D eigenvalue weighted by Crippen LogP contribution is -2.63. The number of quaternary nitrogens is 1. The highest BCUT2D eigenvalue weighted by atomic mass is 32.2. The average Bonchev–Trinajstić information content (AvgIpc) is 2.68. The molecule has 0 aliphatic heterocycles. The number of alkyl halides is 9. The molecule has 0 bridgehead atoms. The number of nitrogens with zero attached hydrogens (tertiary/aromatic N) is 2. The van der Waals surface area contributed by atoms with E-state index in [2.05, 4.69) is 46.0 Å². The molecular formula is C17H32F9N2O3PS. The maximum atomic E-state index is 12.2. The Balaban J connectivity index is 0. The van der Waals surface area contributed by atoms with E-state index in [1.54, 1.807) is 0 Å². The van der Waals surface area contributed by atoms with Crippen molar-refractivity contribution in [2.75, 3.05) is 39.4 Å². The Morgan fingerprint density at radius 3 is 1.45 bits per heavy atom. The van der Waals surface area contributed by atoms with Crippen LogP contribution in [0.3, 0.4) is 0 Å². The first kappa shape index (κ1) is 34.8. The zero-order chi connectivity index (χ0) is 27.1. The van der Waals surface area contributed by atoms with Crippen LogP contribution in [0, 0.1) is 0 Å². The smallest absolute Gasteiger partial charge is 0.460 e. The summed E-state index contributed by atoms with van der Waals surface area (Å²) in [5.41, 5.74) is 0.